The van der Waals surface area contributed by atoms with Crippen molar-refractivity contribution < 1.29 is 36.0 Å². The van der Waals surface area contributed by atoms with Crippen molar-refractivity contribution in [3.8, 4) is 11.5 Å². The maximum Gasteiger partial charge on any atom is 0.416 e. The van der Waals surface area contributed by atoms with Crippen LogP contribution in [-0.2, 0) is 16.2 Å². The molecule has 0 N–H and O–H groups in total. The molecule has 13 heteroatoms. The van der Waals surface area contributed by atoms with Gasteiger partial charge in [-0.2, -0.15) is 17.5 Å². The predicted octanol–water partition coefficient (Wildman–Crippen LogP) is 3.14. The summed E-state index contributed by atoms with van der Waals surface area (Å²) in [5, 5.41) is 11.3. The number of hydrogen-bond acceptors (Lipinski definition) is 7. The number of piperazine rings is 1. The van der Waals surface area contributed by atoms with Crippen LogP contribution in [-0.4, -0.2) is 58.0 Å². The minimum atomic E-state index is -4.71. The number of hydrogen-bond donors (Lipinski definition) is 0. The Hall–Kier alpha value is -3.06. The number of ether oxygens (including phenoxy) is 2. The Morgan fingerprint density at radius 1 is 0.969 bits per heavy atom. The predicted molar refractivity (Wildman–Crippen MR) is 109 cm³/mol. The van der Waals surface area contributed by atoms with Crippen LogP contribution in [0.25, 0.3) is 0 Å². The summed E-state index contributed by atoms with van der Waals surface area (Å²) in [4.78, 5) is 12.0. The van der Waals surface area contributed by atoms with Gasteiger partial charge in [0.15, 0.2) is 11.5 Å². The van der Waals surface area contributed by atoms with Crippen LogP contribution in [0.2, 0.25) is 0 Å². The van der Waals surface area contributed by atoms with Crippen molar-refractivity contribution in [3.63, 3.8) is 0 Å². The van der Waals surface area contributed by atoms with Crippen molar-refractivity contribution in [1.29, 1.82) is 0 Å². The summed E-state index contributed by atoms with van der Waals surface area (Å²) < 4.78 is 76.2. The normalized spacial score (nSPS) is 15.5. The molecule has 1 heterocycles. The molecular weight excluding hydrogens is 455 g/mol. The number of nitrogens with zero attached hydrogens (tertiary/aromatic N) is 3. The summed E-state index contributed by atoms with van der Waals surface area (Å²) in [6.07, 6.45) is -4.71. The van der Waals surface area contributed by atoms with Gasteiger partial charge in [0.05, 0.1) is 29.6 Å². The first kappa shape index (κ1) is 23.6. The standard InChI is InChI=1S/C19H20F3N3O6S/c1-30-17-6-4-14(12-18(17)31-2)32(28,29)24-9-7-23(8-10-24)15-5-3-13(19(20,21)22)11-16(15)25(26)27/h3-6,11-12H,7-10H2,1-2H3. The SMILES string of the molecule is COc1ccc(S(=O)(=O)N2CCN(c3ccc(C(F)(F)F)cc3[N+](=O)[O-])CC2)cc1OC. The van der Waals surface area contributed by atoms with Crippen LogP contribution in [0.4, 0.5) is 24.5 Å². The highest BCUT2D eigenvalue weighted by Gasteiger charge is 2.35. The van der Waals surface area contributed by atoms with E-state index in [9.17, 15) is 31.7 Å². The lowest BCUT2D eigenvalue weighted by atomic mass is 10.1. The second-order valence-electron chi connectivity index (χ2n) is 6.87. The summed E-state index contributed by atoms with van der Waals surface area (Å²) in [6.45, 7) is 0.126. The Kier molecular flexibility index (Phi) is 6.51. The topological polar surface area (TPSA) is 102 Å². The molecule has 0 spiro atoms. The highest BCUT2D eigenvalue weighted by Crippen LogP contribution is 2.37. The maximum atomic E-state index is 13.0. The molecular formula is C19H20F3N3O6S. The van der Waals surface area contributed by atoms with Gasteiger partial charge in [-0.3, -0.25) is 10.1 Å². The van der Waals surface area contributed by atoms with Gasteiger partial charge in [-0.25, -0.2) is 8.42 Å². The molecule has 1 aliphatic heterocycles. The molecule has 1 aliphatic rings. The quantitative estimate of drug-likeness (QED) is 0.467. The van der Waals surface area contributed by atoms with Gasteiger partial charge in [-0.1, -0.05) is 0 Å². The van der Waals surface area contributed by atoms with E-state index in [2.05, 4.69) is 0 Å². The van der Waals surface area contributed by atoms with Gasteiger partial charge >= 0.3 is 6.18 Å². The fourth-order valence-electron chi connectivity index (χ4n) is 3.41. The zero-order valence-electron chi connectivity index (χ0n) is 17.1. The summed E-state index contributed by atoms with van der Waals surface area (Å²) in [5.41, 5.74) is -1.80. The molecule has 2 aromatic rings. The molecule has 0 bridgehead atoms. The van der Waals surface area contributed by atoms with Crippen molar-refractivity contribution in [2.24, 2.45) is 0 Å². The first-order chi connectivity index (χ1) is 15.0. The highest BCUT2D eigenvalue weighted by molar-refractivity contribution is 7.89. The molecule has 0 radical (unpaired) electrons. The molecule has 2 aromatic carbocycles. The molecule has 0 aliphatic carbocycles. The van der Waals surface area contributed by atoms with Crippen LogP contribution in [0.3, 0.4) is 0 Å². The number of halogens is 3. The second kappa shape index (κ2) is 8.82. The van der Waals surface area contributed by atoms with Gasteiger partial charge in [0.2, 0.25) is 10.0 Å². The first-order valence-corrected chi connectivity index (χ1v) is 10.8. The lowest BCUT2D eigenvalue weighted by molar-refractivity contribution is -0.384. The largest absolute Gasteiger partial charge is 0.493 e. The van der Waals surface area contributed by atoms with Crippen LogP contribution < -0.4 is 14.4 Å². The molecule has 1 saturated heterocycles. The summed E-state index contributed by atoms with van der Waals surface area (Å²) >= 11 is 0. The van der Waals surface area contributed by atoms with E-state index in [-0.39, 0.29) is 42.5 Å². The number of rotatable bonds is 6. The van der Waals surface area contributed by atoms with Crippen molar-refractivity contribution in [2.45, 2.75) is 11.1 Å². The maximum absolute atomic E-state index is 13.0. The number of sulfonamides is 1. The minimum Gasteiger partial charge on any atom is -0.493 e. The van der Waals surface area contributed by atoms with Gasteiger partial charge in [0, 0.05) is 38.3 Å². The van der Waals surface area contributed by atoms with Gasteiger partial charge in [0.25, 0.3) is 5.69 Å². The fourth-order valence-corrected chi connectivity index (χ4v) is 4.85. The molecule has 3 rings (SSSR count). The van der Waals surface area contributed by atoms with Crippen molar-refractivity contribution in [2.75, 3.05) is 45.3 Å². The zero-order valence-corrected chi connectivity index (χ0v) is 17.9. The second-order valence-corrected chi connectivity index (χ2v) is 8.80. The Balaban J connectivity index is 1.81. The van der Waals surface area contributed by atoms with Crippen LogP contribution in [0, 0.1) is 10.1 Å². The van der Waals surface area contributed by atoms with Gasteiger partial charge < -0.3 is 14.4 Å². The van der Waals surface area contributed by atoms with Crippen LogP contribution in [0.15, 0.2) is 41.3 Å². The molecule has 0 atom stereocenters. The number of methoxy groups -OCH3 is 2. The molecule has 32 heavy (non-hydrogen) atoms. The van der Waals surface area contributed by atoms with E-state index in [1.54, 1.807) is 0 Å². The highest BCUT2D eigenvalue weighted by atomic mass is 32.2. The monoisotopic (exact) mass is 475 g/mol. The van der Waals surface area contributed by atoms with Gasteiger partial charge in [0.1, 0.15) is 5.69 Å². The first-order valence-electron chi connectivity index (χ1n) is 9.32. The smallest absolute Gasteiger partial charge is 0.416 e. The number of alkyl halides is 3. The molecule has 174 valence electrons. The van der Waals surface area contributed by atoms with E-state index >= 15 is 0 Å². The fraction of sp³-hybridized carbons (Fsp3) is 0.368. The Morgan fingerprint density at radius 2 is 1.59 bits per heavy atom. The van der Waals surface area contributed by atoms with Crippen LogP contribution in [0.5, 0.6) is 11.5 Å². The summed E-state index contributed by atoms with van der Waals surface area (Å²) in [7, 11) is -1.09. The molecule has 0 amide bonds. The Morgan fingerprint density at radius 3 is 2.12 bits per heavy atom. The van der Waals surface area contributed by atoms with Crippen molar-refractivity contribution in [1.82, 2.24) is 4.31 Å². The average molecular weight is 475 g/mol. The average Bonchev–Trinajstić information content (AvgIpc) is 2.77. The Bertz CT molecular complexity index is 1120. The summed E-state index contributed by atoms with van der Waals surface area (Å²) in [5.74, 6) is 0.610. The van der Waals surface area contributed by atoms with Crippen molar-refractivity contribution in [3.05, 3.63) is 52.1 Å². The van der Waals surface area contributed by atoms with E-state index in [1.807, 2.05) is 0 Å². The molecule has 0 saturated carbocycles. The number of nitro benzene ring substituents is 1. The van der Waals surface area contributed by atoms with Crippen LogP contribution in [0.1, 0.15) is 5.56 Å². The van der Waals surface area contributed by atoms with Gasteiger partial charge in [-0.15, -0.1) is 0 Å². The number of anilines is 1. The lowest BCUT2D eigenvalue weighted by Crippen LogP contribution is -2.48. The van der Waals surface area contributed by atoms with E-state index < -0.39 is 32.4 Å². The third-order valence-electron chi connectivity index (χ3n) is 5.07. The summed E-state index contributed by atoms with van der Waals surface area (Å²) in [6, 6.07) is 6.48. The number of nitro groups is 1. The van der Waals surface area contributed by atoms with Crippen molar-refractivity contribution >= 4 is 21.4 Å². The minimum absolute atomic E-state index is 0.00510. The van der Waals surface area contributed by atoms with E-state index in [4.69, 9.17) is 9.47 Å². The molecule has 0 unspecified atom stereocenters. The third kappa shape index (κ3) is 4.58. The Labute approximate surface area is 182 Å². The number of benzene rings is 2. The molecule has 1 fully saturated rings. The van der Waals surface area contributed by atoms with Gasteiger partial charge in [-0.05, 0) is 24.3 Å². The lowest BCUT2D eigenvalue weighted by Gasteiger charge is -2.35. The van der Waals surface area contributed by atoms with E-state index in [1.165, 1.54) is 41.6 Å². The van der Waals surface area contributed by atoms with Crippen LogP contribution >= 0.6 is 0 Å². The van der Waals surface area contributed by atoms with E-state index in [0.717, 1.165) is 12.1 Å². The van der Waals surface area contributed by atoms with E-state index in [0.29, 0.717) is 11.8 Å². The third-order valence-corrected chi connectivity index (χ3v) is 6.97. The zero-order chi connectivity index (χ0) is 23.7. The molecule has 0 aromatic heterocycles. The molecule has 9 nitrogen and oxygen atoms in total.